The third-order valence-electron chi connectivity index (χ3n) is 6.63. The number of rotatable bonds is 6. The van der Waals surface area contributed by atoms with Crippen LogP contribution in [0.5, 0.6) is 5.75 Å². The average molecular weight is 536 g/mol. The minimum Gasteiger partial charge on any atom is -0.507 e. The molecule has 1 aliphatic heterocycles. The van der Waals surface area contributed by atoms with Crippen molar-refractivity contribution in [2.75, 3.05) is 11.5 Å². The summed E-state index contributed by atoms with van der Waals surface area (Å²) in [6, 6.07) is 15.6. The quantitative estimate of drug-likeness (QED) is 0.201. The molecule has 5 nitrogen and oxygen atoms in total. The first-order valence-electron chi connectivity index (χ1n) is 12.5. The van der Waals surface area contributed by atoms with Crippen molar-refractivity contribution in [1.29, 1.82) is 0 Å². The van der Waals surface area contributed by atoms with E-state index in [1.54, 1.807) is 18.2 Å². The predicted molar refractivity (Wildman–Crippen MR) is 148 cm³/mol. The van der Waals surface area contributed by atoms with Crippen LogP contribution < -0.4 is 9.64 Å². The normalized spacial score (nSPS) is 17.2. The molecule has 38 heavy (non-hydrogen) atoms. The van der Waals surface area contributed by atoms with Gasteiger partial charge in [-0.1, -0.05) is 63.6 Å². The van der Waals surface area contributed by atoms with Gasteiger partial charge in [0.2, 0.25) is 0 Å². The van der Waals surface area contributed by atoms with Gasteiger partial charge in [0.1, 0.15) is 17.3 Å². The maximum Gasteiger partial charge on any atom is 0.300 e. The van der Waals surface area contributed by atoms with Crippen LogP contribution in [0.2, 0.25) is 5.02 Å². The number of amides is 1. The number of aliphatic hydroxyl groups excluding tert-OH is 1. The van der Waals surface area contributed by atoms with Crippen molar-refractivity contribution in [2.24, 2.45) is 0 Å². The number of halogens is 2. The van der Waals surface area contributed by atoms with E-state index in [0.29, 0.717) is 23.5 Å². The lowest BCUT2D eigenvalue weighted by atomic mass is 9.85. The van der Waals surface area contributed by atoms with Crippen LogP contribution >= 0.6 is 11.6 Å². The van der Waals surface area contributed by atoms with Crippen molar-refractivity contribution in [1.82, 2.24) is 0 Å². The first-order chi connectivity index (χ1) is 17.9. The Morgan fingerprint density at radius 2 is 1.74 bits per heavy atom. The third-order valence-corrected chi connectivity index (χ3v) is 6.92. The summed E-state index contributed by atoms with van der Waals surface area (Å²) in [5.74, 6) is -1.93. The molecule has 3 aromatic carbocycles. The maximum atomic E-state index is 13.9. The molecule has 1 saturated heterocycles. The Balaban J connectivity index is 1.89. The first-order valence-corrected chi connectivity index (χ1v) is 12.9. The van der Waals surface area contributed by atoms with E-state index in [4.69, 9.17) is 16.3 Å². The van der Waals surface area contributed by atoms with Crippen LogP contribution in [0.4, 0.5) is 10.1 Å². The van der Waals surface area contributed by atoms with Gasteiger partial charge in [0.25, 0.3) is 11.7 Å². The molecule has 0 aromatic heterocycles. The van der Waals surface area contributed by atoms with E-state index in [1.807, 2.05) is 38.1 Å². The zero-order valence-corrected chi connectivity index (χ0v) is 22.9. The highest BCUT2D eigenvalue weighted by Gasteiger charge is 2.47. The molecule has 0 aliphatic carbocycles. The second kappa shape index (κ2) is 10.6. The van der Waals surface area contributed by atoms with Crippen LogP contribution in [-0.2, 0) is 15.0 Å². The van der Waals surface area contributed by atoms with Crippen molar-refractivity contribution >= 4 is 34.7 Å². The zero-order valence-electron chi connectivity index (χ0n) is 22.1. The Morgan fingerprint density at radius 1 is 1.05 bits per heavy atom. The summed E-state index contributed by atoms with van der Waals surface area (Å²) in [5, 5.41) is 11.3. The van der Waals surface area contributed by atoms with Crippen LogP contribution in [0.1, 0.15) is 62.4 Å². The fourth-order valence-electron chi connectivity index (χ4n) is 4.54. The molecule has 0 spiro atoms. The summed E-state index contributed by atoms with van der Waals surface area (Å²) in [4.78, 5) is 28.1. The monoisotopic (exact) mass is 535 g/mol. The van der Waals surface area contributed by atoms with Crippen LogP contribution in [0, 0.1) is 12.7 Å². The Hall–Kier alpha value is -3.64. The van der Waals surface area contributed by atoms with Gasteiger partial charge in [-0.2, -0.15) is 0 Å². The largest absolute Gasteiger partial charge is 0.507 e. The highest BCUT2D eigenvalue weighted by Crippen LogP contribution is 2.43. The number of carbonyl (C=O) groups excluding carboxylic acids is 2. The second-order valence-corrected chi connectivity index (χ2v) is 10.9. The number of Topliss-reactive ketones (excluding diaryl/α,β-unsaturated/α-hetero) is 1. The number of ether oxygens (including phenoxy) is 1. The number of ketones is 1. The molecule has 4 rings (SSSR count). The SMILES string of the molecule is CCCOc1ccc(/C(O)=C2\C(=O)C(=O)N(c3ccc(F)c(Cl)c3)C2c2ccc(C(C)(C)C)cc2)cc1C. The van der Waals surface area contributed by atoms with Gasteiger partial charge in [-0.05, 0) is 71.8 Å². The van der Waals surface area contributed by atoms with Gasteiger partial charge in [0.15, 0.2) is 0 Å². The van der Waals surface area contributed by atoms with Gasteiger partial charge in [-0.25, -0.2) is 4.39 Å². The van der Waals surface area contributed by atoms with E-state index < -0.39 is 23.5 Å². The molecule has 1 heterocycles. The van der Waals surface area contributed by atoms with Crippen molar-refractivity contribution < 1.29 is 23.8 Å². The van der Waals surface area contributed by atoms with E-state index in [9.17, 15) is 19.1 Å². The smallest absolute Gasteiger partial charge is 0.300 e. The Kier molecular flexibility index (Phi) is 7.65. The summed E-state index contributed by atoms with van der Waals surface area (Å²) in [6.45, 7) is 10.7. The summed E-state index contributed by atoms with van der Waals surface area (Å²) in [7, 11) is 0. The summed E-state index contributed by atoms with van der Waals surface area (Å²) >= 11 is 6.03. The van der Waals surface area contributed by atoms with Crippen molar-refractivity contribution in [3.8, 4) is 5.75 Å². The number of nitrogens with zero attached hydrogens (tertiary/aromatic N) is 1. The minimum absolute atomic E-state index is 0.0550. The highest BCUT2D eigenvalue weighted by atomic mass is 35.5. The molecule has 1 unspecified atom stereocenters. The Morgan fingerprint density at radius 3 is 2.32 bits per heavy atom. The van der Waals surface area contributed by atoms with Crippen molar-refractivity contribution in [2.45, 2.75) is 52.5 Å². The van der Waals surface area contributed by atoms with Crippen LogP contribution in [0.15, 0.2) is 66.2 Å². The number of carbonyl (C=O) groups is 2. The average Bonchev–Trinajstić information content (AvgIpc) is 3.14. The molecular formula is C31H31ClFNO4. The molecule has 198 valence electrons. The molecule has 3 aromatic rings. The van der Waals surface area contributed by atoms with Crippen LogP contribution in [-0.4, -0.2) is 23.4 Å². The summed E-state index contributed by atoms with van der Waals surface area (Å²) in [6.07, 6.45) is 0.853. The number of aliphatic hydroxyl groups is 1. The summed E-state index contributed by atoms with van der Waals surface area (Å²) in [5.41, 5.74) is 2.96. The number of anilines is 1. The van der Waals surface area contributed by atoms with E-state index in [-0.39, 0.29) is 27.5 Å². The van der Waals surface area contributed by atoms with Gasteiger partial charge in [0.05, 0.1) is 23.2 Å². The van der Waals surface area contributed by atoms with Crippen molar-refractivity contribution in [3.63, 3.8) is 0 Å². The molecule has 1 amide bonds. The van der Waals surface area contributed by atoms with E-state index in [2.05, 4.69) is 20.8 Å². The molecule has 1 N–H and O–H groups in total. The van der Waals surface area contributed by atoms with Crippen LogP contribution in [0.25, 0.3) is 5.76 Å². The standard InChI is InChI=1S/C31H31ClFNO4/c1-6-15-38-25-14-9-20(16-18(25)2)28(35)26-27(19-7-10-21(11-8-19)31(3,4)5)34(30(37)29(26)36)22-12-13-24(33)23(32)17-22/h7-14,16-17,27,35H,6,15H2,1-5H3/b28-26+. The Labute approximate surface area is 227 Å². The summed E-state index contributed by atoms with van der Waals surface area (Å²) < 4.78 is 19.7. The maximum absolute atomic E-state index is 13.9. The molecule has 1 atom stereocenters. The molecular weight excluding hydrogens is 505 g/mol. The van der Waals surface area contributed by atoms with E-state index in [0.717, 1.165) is 23.6 Å². The van der Waals surface area contributed by atoms with Crippen molar-refractivity contribution in [3.05, 3.63) is 99.3 Å². The minimum atomic E-state index is -0.943. The fraction of sp³-hybridized carbons (Fsp3) is 0.290. The Bertz CT molecular complexity index is 1420. The molecule has 1 aliphatic rings. The number of benzene rings is 3. The lowest BCUT2D eigenvalue weighted by Gasteiger charge is -2.27. The molecule has 0 radical (unpaired) electrons. The van der Waals surface area contributed by atoms with Gasteiger partial charge in [-0.15, -0.1) is 0 Å². The predicted octanol–water partition coefficient (Wildman–Crippen LogP) is 7.50. The first kappa shape index (κ1) is 27.4. The van der Waals surface area contributed by atoms with E-state index >= 15 is 0 Å². The van der Waals surface area contributed by atoms with Gasteiger partial charge < -0.3 is 9.84 Å². The number of hydrogen-bond acceptors (Lipinski definition) is 4. The van der Waals surface area contributed by atoms with Gasteiger partial charge in [-0.3, -0.25) is 14.5 Å². The molecule has 1 fully saturated rings. The number of aryl methyl sites for hydroxylation is 1. The molecule has 0 bridgehead atoms. The van der Waals surface area contributed by atoms with Gasteiger partial charge in [0, 0.05) is 11.3 Å². The third kappa shape index (κ3) is 5.18. The van der Waals surface area contributed by atoms with Crippen LogP contribution in [0.3, 0.4) is 0 Å². The topological polar surface area (TPSA) is 66.8 Å². The lowest BCUT2D eigenvalue weighted by molar-refractivity contribution is -0.132. The second-order valence-electron chi connectivity index (χ2n) is 10.5. The van der Waals surface area contributed by atoms with Gasteiger partial charge >= 0.3 is 0 Å². The lowest BCUT2D eigenvalue weighted by Crippen LogP contribution is -2.29. The fourth-order valence-corrected chi connectivity index (χ4v) is 4.72. The number of hydrogen-bond donors (Lipinski definition) is 1. The molecule has 0 saturated carbocycles. The zero-order chi connectivity index (χ0) is 27.8. The molecule has 7 heteroatoms. The van der Waals surface area contributed by atoms with E-state index in [1.165, 1.54) is 17.0 Å². The highest BCUT2D eigenvalue weighted by molar-refractivity contribution is 6.51.